The maximum Gasteiger partial charge on any atom is 0.247 e. The number of piperazine rings is 2. The van der Waals surface area contributed by atoms with Crippen LogP contribution in [-0.2, 0) is 22.6 Å². The molecule has 2 fully saturated rings. The molecule has 0 bridgehead atoms. The van der Waals surface area contributed by atoms with Crippen molar-refractivity contribution in [2.75, 3.05) is 26.7 Å². The van der Waals surface area contributed by atoms with Gasteiger partial charge in [0.15, 0.2) is 0 Å². The molecule has 0 aromatic heterocycles. The second kappa shape index (κ2) is 7.99. The summed E-state index contributed by atoms with van der Waals surface area (Å²) in [7, 11) is 1.77. The van der Waals surface area contributed by atoms with Crippen LogP contribution in [-0.4, -0.2) is 65.3 Å². The Morgan fingerprint density at radius 1 is 0.966 bits per heavy atom. The molecule has 2 atom stereocenters. The predicted molar refractivity (Wildman–Crippen MR) is 113 cm³/mol. The highest BCUT2D eigenvalue weighted by Crippen LogP contribution is 2.25. The lowest BCUT2D eigenvalue weighted by Gasteiger charge is -2.48. The van der Waals surface area contributed by atoms with Crippen LogP contribution in [0.2, 0.25) is 0 Å². The van der Waals surface area contributed by atoms with Gasteiger partial charge in [0.05, 0.1) is 0 Å². The number of hydrogen-bond acceptors (Lipinski definition) is 3. The Labute approximate surface area is 172 Å². The minimum Gasteiger partial charge on any atom is -0.332 e. The highest BCUT2D eigenvalue weighted by atomic mass is 16.2. The molecule has 2 saturated heterocycles. The molecule has 2 aromatic rings. The number of fused-ring (bicyclic) bond motifs is 1. The topological polar surface area (TPSA) is 43.9 Å². The molecule has 2 aliphatic heterocycles. The summed E-state index contributed by atoms with van der Waals surface area (Å²) >= 11 is 0. The third-order valence-corrected chi connectivity index (χ3v) is 6.30. The normalized spacial score (nSPS) is 22.7. The van der Waals surface area contributed by atoms with Gasteiger partial charge in [0.25, 0.3) is 0 Å². The molecule has 0 N–H and O–H groups in total. The molecule has 0 unspecified atom stereocenters. The zero-order valence-corrected chi connectivity index (χ0v) is 17.5. The number of hydrogen-bond donors (Lipinski definition) is 0. The SMILES string of the molecule is Cc1ccc(C)c(CN2CCN3C(=O)[C@H](Cc4ccccc4)N(C)C(=O)[C@H]3C2)c1. The minimum atomic E-state index is -0.410. The zero-order valence-electron chi connectivity index (χ0n) is 17.5. The molecular weight excluding hydrogens is 362 g/mol. The molecule has 0 aliphatic carbocycles. The summed E-state index contributed by atoms with van der Waals surface area (Å²) in [4.78, 5) is 32.1. The molecule has 29 heavy (non-hydrogen) atoms. The van der Waals surface area contributed by atoms with E-state index >= 15 is 0 Å². The van der Waals surface area contributed by atoms with Gasteiger partial charge in [0.2, 0.25) is 11.8 Å². The summed E-state index contributed by atoms with van der Waals surface area (Å²) in [6.45, 7) is 7.05. The van der Waals surface area contributed by atoms with Crippen LogP contribution in [0.5, 0.6) is 0 Å². The average Bonchev–Trinajstić information content (AvgIpc) is 2.73. The summed E-state index contributed by atoms with van der Waals surface area (Å²) < 4.78 is 0. The van der Waals surface area contributed by atoms with Crippen molar-refractivity contribution in [3.05, 3.63) is 70.8 Å². The van der Waals surface area contributed by atoms with Crippen molar-refractivity contribution in [2.45, 2.75) is 38.9 Å². The Hall–Kier alpha value is -2.66. The monoisotopic (exact) mass is 391 g/mol. The van der Waals surface area contributed by atoms with Gasteiger partial charge in [-0.2, -0.15) is 0 Å². The summed E-state index contributed by atoms with van der Waals surface area (Å²) in [6, 6.07) is 15.6. The fourth-order valence-electron chi connectivity index (χ4n) is 4.48. The fourth-order valence-corrected chi connectivity index (χ4v) is 4.48. The second-order valence-electron chi connectivity index (χ2n) is 8.37. The molecule has 0 spiro atoms. The van der Waals surface area contributed by atoms with E-state index in [0.29, 0.717) is 19.5 Å². The second-order valence-corrected chi connectivity index (χ2v) is 8.37. The zero-order chi connectivity index (χ0) is 20.5. The van der Waals surface area contributed by atoms with Crippen molar-refractivity contribution in [3.63, 3.8) is 0 Å². The van der Waals surface area contributed by atoms with Gasteiger partial charge in [-0.05, 0) is 30.5 Å². The summed E-state index contributed by atoms with van der Waals surface area (Å²) in [5.41, 5.74) is 4.89. The first-order valence-corrected chi connectivity index (χ1v) is 10.3. The largest absolute Gasteiger partial charge is 0.332 e. The quantitative estimate of drug-likeness (QED) is 0.804. The predicted octanol–water partition coefficient (Wildman–Crippen LogP) is 2.40. The van der Waals surface area contributed by atoms with Gasteiger partial charge in [-0.3, -0.25) is 14.5 Å². The molecule has 0 radical (unpaired) electrons. The van der Waals surface area contributed by atoms with Crippen LogP contribution in [0.15, 0.2) is 48.5 Å². The van der Waals surface area contributed by atoms with Crippen molar-refractivity contribution >= 4 is 11.8 Å². The number of benzene rings is 2. The lowest BCUT2D eigenvalue weighted by molar-refractivity contribution is -0.164. The van der Waals surface area contributed by atoms with Crippen LogP contribution < -0.4 is 0 Å². The molecular formula is C24H29N3O2. The number of nitrogens with zero attached hydrogens (tertiary/aromatic N) is 3. The lowest BCUT2D eigenvalue weighted by atomic mass is 9.96. The Bertz CT molecular complexity index is 912. The maximum atomic E-state index is 13.2. The Kier molecular flexibility index (Phi) is 5.41. The Morgan fingerprint density at radius 3 is 2.48 bits per heavy atom. The van der Waals surface area contributed by atoms with Gasteiger partial charge in [-0.1, -0.05) is 54.1 Å². The first-order valence-electron chi connectivity index (χ1n) is 10.3. The molecule has 5 nitrogen and oxygen atoms in total. The molecule has 2 amide bonds. The van der Waals surface area contributed by atoms with E-state index in [1.54, 1.807) is 11.9 Å². The van der Waals surface area contributed by atoms with Gasteiger partial charge in [-0.15, -0.1) is 0 Å². The molecule has 0 saturated carbocycles. The maximum absolute atomic E-state index is 13.2. The van der Waals surface area contributed by atoms with Crippen LogP contribution in [0.3, 0.4) is 0 Å². The van der Waals surface area contributed by atoms with Gasteiger partial charge >= 0.3 is 0 Å². The van der Waals surface area contributed by atoms with Crippen LogP contribution in [0.4, 0.5) is 0 Å². The van der Waals surface area contributed by atoms with Gasteiger partial charge in [0.1, 0.15) is 12.1 Å². The number of rotatable bonds is 4. The summed E-state index contributed by atoms with van der Waals surface area (Å²) in [6.07, 6.45) is 0.567. The first kappa shape index (κ1) is 19.6. The van der Waals surface area contributed by atoms with E-state index in [0.717, 1.165) is 18.7 Å². The molecule has 5 heteroatoms. The van der Waals surface area contributed by atoms with E-state index in [1.807, 2.05) is 35.2 Å². The van der Waals surface area contributed by atoms with Gasteiger partial charge < -0.3 is 9.80 Å². The Balaban J connectivity index is 1.48. The van der Waals surface area contributed by atoms with Crippen molar-refractivity contribution in [1.29, 1.82) is 0 Å². The lowest BCUT2D eigenvalue weighted by Crippen LogP contribution is -2.69. The van der Waals surface area contributed by atoms with E-state index in [-0.39, 0.29) is 17.9 Å². The van der Waals surface area contributed by atoms with E-state index < -0.39 is 6.04 Å². The first-order chi connectivity index (χ1) is 13.9. The molecule has 4 rings (SSSR count). The Morgan fingerprint density at radius 2 is 1.72 bits per heavy atom. The van der Waals surface area contributed by atoms with Crippen molar-refractivity contribution in [2.24, 2.45) is 0 Å². The number of likely N-dealkylation sites (N-methyl/N-ethyl adjacent to an activating group) is 1. The molecule has 2 aromatic carbocycles. The smallest absolute Gasteiger partial charge is 0.247 e. The fraction of sp³-hybridized carbons (Fsp3) is 0.417. The van der Waals surface area contributed by atoms with E-state index in [9.17, 15) is 9.59 Å². The van der Waals surface area contributed by atoms with Crippen LogP contribution >= 0.6 is 0 Å². The summed E-state index contributed by atoms with van der Waals surface area (Å²) in [5, 5.41) is 0. The van der Waals surface area contributed by atoms with E-state index in [2.05, 4.69) is 36.9 Å². The standard InChI is InChI=1S/C24H29N3O2/c1-17-9-10-18(2)20(13-17)15-26-11-12-27-22(16-26)23(28)25(3)21(24(27)29)14-19-7-5-4-6-8-19/h4-10,13,21-22H,11-12,14-16H2,1-3H3/t21-,22+/m0/s1. The highest BCUT2D eigenvalue weighted by Gasteiger charge is 2.46. The van der Waals surface area contributed by atoms with Crippen molar-refractivity contribution in [1.82, 2.24) is 14.7 Å². The third-order valence-electron chi connectivity index (χ3n) is 6.30. The number of carbonyl (C=O) groups excluding carboxylic acids is 2. The van der Waals surface area contributed by atoms with E-state index in [4.69, 9.17) is 0 Å². The third kappa shape index (κ3) is 3.92. The van der Waals surface area contributed by atoms with Crippen molar-refractivity contribution < 1.29 is 9.59 Å². The van der Waals surface area contributed by atoms with Gasteiger partial charge in [0, 0.05) is 39.6 Å². The summed E-state index contributed by atoms with van der Waals surface area (Å²) in [5.74, 6) is 0.128. The minimum absolute atomic E-state index is 0.0520. The number of aryl methyl sites for hydroxylation is 2. The molecule has 2 heterocycles. The average molecular weight is 392 g/mol. The highest BCUT2D eigenvalue weighted by molar-refractivity contribution is 5.97. The number of amides is 2. The van der Waals surface area contributed by atoms with Crippen LogP contribution in [0.1, 0.15) is 22.3 Å². The molecule has 2 aliphatic rings. The van der Waals surface area contributed by atoms with Crippen LogP contribution in [0, 0.1) is 13.8 Å². The van der Waals surface area contributed by atoms with Crippen molar-refractivity contribution in [3.8, 4) is 0 Å². The van der Waals surface area contributed by atoms with E-state index in [1.165, 1.54) is 16.7 Å². The molecule has 152 valence electrons. The number of carbonyl (C=O) groups is 2. The van der Waals surface area contributed by atoms with Crippen LogP contribution in [0.25, 0.3) is 0 Å². The van der Waals surface area contributed by atoms with Gasteiger partial charge in [-0.25, -0.2) is 0 Å².